The number of hydrogen-bond donors (Lipinski definition) is 1. The number of aromatic nitrogens is 1. The van der Waals surface area contributed by atoms with E-state index in [1.165, 1.54) is 4.31 Å². The van der Waals surface area contributed by atoms with Crippen molar-refractivity contribution in [3.05, 3.63) is 30.1 Å². The first-order valence-corrected chi connectivity index (χ1v) is 7.25. The molecule has 17 heavy (non-hydrogen) atoms. The van der Waals surface area contributed by atoms with Crippen LogP contribution < -0.4 is 5.73 Å². The van der Waals surface area contributed by atoms with E-state index < -0.39 is 16.1 Å². The molecule has 1 rings (SSSR count). The van der Waals surface area contributed by atoms with Crippen molar-refractivity contribution in [2.24, 2.45) is 5.73 Å². The third-order valence-corrected chi connectivity index (χ3v) is 4.71. The molecule has 0 amide bonds. The standard InChI is InChI=1S/C11H19N3O2S/c1-3-14(4-2)17(15,16)9-11(12)10-5-7-13-8-6-10/h5-8,11H,3-4,9,12H2,1-2H3. The molecular formula is C11H19N3O2S. The highest BCUT2D eigenvalue weighted by molar-refractivity contribution is 7.89. The molecule has 2 N–H and O–H groups in total. The van der Waals surface area contributed by atoms with Crippen molar-refractivity contribution in [2.75, 3.05) is 18.8 Å². The molecule has 0 aliphatic heterocycles. The molecule has 0 saturated heterocycles. The van der Waals surface area contributed by atoms with Crippen molar-refractivity contribution in [3.63, 3.8) is 0 Å². The quantitative estimate of drug-likeness (QED) is 0.816. The molecule has 96 valence electrons. The molecule has 0 aliphatic carbocycles. The first-order chi connectivity index (χ1) is 8.01. The Kier molecular flexibility index (Phi) is 5.04. The summed E-state index contributed by atoms with van der Waals surface area (Å²) in [5.41, 5.74) is 6.68. The summed E-state index contributed by atoms with van der Waals surface area (Å²) < 4.78 is 25.4. The predicted molar refractivity (Wildman–Crippen MR) is 67.9 cm³/mol. The van der Waals surface area contributed by atoms with Crippen LogP contribution in [0.4, 0.5) is 0 Å². The van der Waals surface area contributed by atoms with E-state index in [1.807, 2.05) is 13.8 Å². The fraction of sp³-hybridized carbons (Fsp3) is 0.545. The second-order valence-corrected chi connectivity index (χ2v) is 5.76. The van der Waals surface area contributed by atoms with Gasteiger partial charge in [-0.25, -0.2) is 12.7 Å². The summed E-state index contributed by atoms with van der Waals surface area (Å²) in [4.78, 5) is 3.88. The SMILES string of the molecule is CCN(CC)S(=O)(=O)CC(N)c1ccncc1. The summed E-state index contributed by atoms with van der Waals surface area (Å²) >= 11 is 0. The van der Waals surface area contributed by atoms with E-state index >= 15 is 0 Å². The number of rotatable bonds is 6. The molecule has 1 atom stereocenters. The van der Waals surface area contributed by atoms with Gasteiger partial charge in [0.05, 0.1) is 5.75 Å². The molecule has 1 aromatic rings. The molecule has 1 heterocycles. The largest absolute Gasteiger partial charge is 0.323 e. The van der Waals surface area contributed by atoms with Crippen LogP contribution in [0, 0.1) is 0 Å². The van der Waals surface area contributed by atoms with Crippen molar-refractivity contribution in [1.82, 2.24) is 9.29 Å². The van der Waals surface area contributed by atoms with Gasteiger partial charge >= 0.3 is 0 Å². The van der Waals surface area contributed by atoms with Crippen LogP contribution in [0.15, 0.2) is 24.5 Å². The van der Waals surface area contributed by atoms with Crippen LogP contribution >= 0.6 is 0 Å². The van der Waals surface area contributed by atoms with E-state index in [2.05, 4.69) is 4.98 Å². The Morgan fingerprint density at radius 2 is 1.82 bits per heavy atom. The van der Waals surface area contributed by atoms with Gasteiger partial charge < -0.3 is 5.73 Å². The van der Waals surface area contributed by atoms with Gasteiger partial charge in [0.15, 0.2) is 0 Å². The molecule has 0 spiro atoms. The van der Waals surface area contributed by atoms with Crippen molar-refractivity contribution >= 4 is 10.0 Å². The fourth-order valence-electron chi connectivity index (χ4n) is 1.66. The predicted octanol–water partition coefficient (Wildman–Crippen LogP) is 0.753. The highest BCUT2D eigenvalue weighted by Gasteiger charge is 2.22. The zero-order chi connectivity index (χ0) is 12.9. The summed E-state index contributed by atoms with van der Waals surface area (Å²) in [6.45, 7) is 4.59. The van der Waals surface area contributed by atoms with Crippen LogP contribution in [0.5, 0.6) is 0 Å². The van der Waals surface area contributed by atoms with E-state index in [-0.39, 0.29) is 5.75 Å². The second-order valence-electron chi connectivity index (χ2n) is 3.75. The minimum atomic E-state index is -3.28. The first-order valence-electron chi connectivity index (χ1n) is 5.64. The monoisotopic (exact) mass is 257 g/mol. The molecule has 0 radical (unpaired) electrons. The van der Waals surface area contributed by atoms with E-state index in [1.54, 1.807) is 24.5 Å². The molecule has 0 saturated carbocycles. The van der Waals surface area contributed by atoms with Crippen LogP contribution in [0.2, 0.25) is 0 Å². The molecule has 6 heteroatoms. The molecule has 0 fully saturated rings. The molecule has 1 aromatic heterocycles. The Morgan fingerprint density at radius 3 is 2.29 bits per heavy atom. The third-order valence-electron chi connectivity index (χ3n) is 2.62. The van der Waals surface area contributed by atoms with Gasteiger partial charge in [-0.15, -0.1) is 0 Å². The highest BCUT2D eigenvalue weighted by Crippen LogP contribution is 2.13. The van der Waals surface area contributed by atoms with E-state index in [0.29, 0.717) is 13.1 Å². The van der Waals surface area contributed by atoms with Crippen LogP contribution in [-0.2, 0) is 10.0 Å². The zero-order valence-electron chi connectivity index (χ0n) is 10.2. The van der Waals surface area contributed by atoms with Gasteiger partial charge in [0.25, 0.3) is 0 Å². The average molecular weight is 257 g/mol. The van der Waals surface area contributed by atoms with E-state index in [9.17, 15) is 8.42 Å². The molecule has 0 aliphatic rings. The lowest BCUT2D eigenvalue weighted by Crippen LogP contribution is -2.36. The van der Waals surface area contributed by atoms with Gasteiger partial charge in [-0.1, -0.05) is 13.8 Å². The number of nitrogens with two attached hydrogens (primary N) is 1. The van der Waals surface area contributed by atoms with Gasteiger partial charge in [0.1, 0.15) is 0 Å². The molecule has 0 bridgehead atoms. The molecule has 1 unspecified atom stereocenters. The lowest BCUT2D eigenvalue weighted by atomic mass is 10.1. The Morgan fingerprint density at radius 1 is 1.29 bits per heavy atom. The normalized spacial score (nSPS) is 13.9. The van der Waals surface area contributed by atoms with E-state index in [0.717, 1.165) is 5.56 Å². The van der Waals surface area contributed by atoms with Crippen molar-refractivity contribution in [1.29, 1.82) is 0 Å². The molecule has 5 nitrogen and oxygen atoms in total. The van der Waals surface area contributed by atoms with Gasteiger partial charge in [0, 0.05) is 31.5 Å². The zero-order valence-corrected chi connectivity index (χ0v) is 11.0. The third kappa shape index (κ3) is 3.76. The number of nitrogens with zero attached hydrogens (tertiary/aromatic N) is 2. The maximum Gasteiger partial charge on any atom is 0.215 e. The maximum absolute atomic E-state index is 12.0. The van der Waals surface area contributed by atoms with Crippen LogP contribution in [-0.4, -0.2) is 36.5 Å². The minimum Gasteiger partial charge on any atom is -0.323 e. The highest BCUT2D eigenvalue weighted by atomic mass is 32.2. The Bertz CT molecular complexity index is 429. The minimum absolute atomic E-state index is 0.0707. The topological polar surface area (TPSA) is 76.3 Å². The van der Waals surface area contributed by atoms with Gasteiger partial charge in [-0.3, -0.25) is 4.98 Å². The maximum atomic E-state index is 12.0. The van der Waals surface area contributed by atoms with Crippen LogP contribution in [0.1, 0.15) is 25.5 Å². The Labute approximate surface area is 103 Å². The van der Waals surface area contributed by atoms with Crippen molar-refractivity contribution in [3.8, 4) is 0 Å². The van der Waals surface area contributed by atoms with Crippen LogP contribution in [0.3, 0.4) is 0 Å². The average Bonchev–Trinajstić information content (AvgIpc) is 2.30. The summed E-state index contributed by atoms with van der Waals surface area (Å²) in [5.74, 6) is -0.0707. The summed E-state index contributed by atoms with van der Waals surface area (Å²) in [5, 5.41) is 0. The molecule has 0 aromatic carbocycles. The summed E-state index contributed by atoms with van der Waals surface area (Å²) in [7, 11) is -3.28. The smallest absolute Gasteiger partial charge is 0.215 e. The summed E-state index contributed by atoms with van der Waals surface area (Å²) in [6.07, 6.45) is 3.22. The van der Waals surface area contributed by atoms with Gasteiger partial charge in [-0.05, 0) is 17.7 Å². The van der Waals surface area contributed by atoms with Gasteiger partial charge in [-0.2, -0.15) is 0 Å². The second kappa shape index (κ2) is 6.09. The number of pyridine rings is 1. The number of sulfonamides is 1. The lowest BCUT2D eigenvalue weighted by Gasteiger charge is -2.21. The van der Waals surface area contributed by atoms with Gasteiger partial charge in [0.2, 0.25) is 10.0 Å². The lowest BCUT2D eigenvalue weighted by molar-refractivity contribution is 0.442. The summed E-state index contributed by atoms with van der Waals surface area (Å²) in [6, 6.07) is 2.97. The van der Waals surface area contributed by atoms with Crippen molar-refractivity contribution < 1.29 is 8.42 Å². The van der Waals surface area contributed by atoms with Crippen molar-refractivity contribution in [2.45, 2.75) is 19.9 Å². The fourth-order valence-corrected chi connectivity index (χ4v) is 3.30. The van der Waals surface area contributed by atoms with Crippen LogP contribution in [0.25, 0.3) is 0 Å². The van der Waals surface area contributed by atoms with E-state index in [4.69, 9.17) is 5.73 Å². The molecular weight excluding hydrogens is 238 g/mol. The first kappa shape index (κ1) is 14.1. The Hall–Kier alpha value is -0.980. The Balaban J connectivity index is 2.78. The number of hydrogen-bond acceptors (Lipinski definition) is 4.